The molecule has 0 spiro atoms. The molecule has 0 aliphatic rings. The molecule has 1 rings (SSSR count). The van der Waals surface area contributed by atoms with Crippen LogP contribution in [0.4, 0.5) is 0 Å². The molecule has 1 unspecified atom stereocenters. The molecule has 5 nitrogen and oxygen atoms in total. The van der Waals surface area contributed by atoms with Crippen LogP contribution in [0.2, 0.25) is 0 Å². The van der Waals surface area contributed by atoms with Crippen LogP contribution in [0.5, 0.6) is 0 Å². The average molecular weight is 228 g/mol. The fraction of sp³-hybridized carbons (Fsp3) is 0.727. The molecule has 0 aliphatic carbocycles. The predicted molar refractivity (Wildman–Crippen MR) is 60.1 cm³/mol. The molecule has 5 heteroatoms. The molecule has 16 heavy (non-hydrogen) atoms. The van der Waals surface area contributed by atoms with E-state index in [0.717, 1.165) is 5.76 Å². The van der Waals surface area contributed by atoms with Gasteiger partial charge in [0.15, 0.2) is 0 Å². The minimum atomic E-state index is -0.258. The van der Waals surface area contributed by atoms with E-state index in [2.05, 4.69) is 10.3 Å². The molecule has 0 amide bonds. The molecule has 0 saturated carbocycles. The van der Waals surface area contributed by atoms with Crippen molar-refractivity contribution in [1.82, 2.24) is 10.3 Å². The first kappa shape index (κ1) is 13.2. The van der Waals surface area contributed by atoms with Crippen LogP contribution in [0.3, 0.4) is 0 Å². The van der Waals surface area contributed by atoms with Crippen molar-refractivity contribution in [2.45, 2.75) is 32.4 Å². The minimum absolute atomic E-state index is 0.122. The summed E-state index contributed by atoms with van der Waals surface area (Å²) in [5.41, 5.74) is -0.258. The van der Waals surface area contributed by atoms with E-state index < -0.39 is 0 Å². The zero-order valence-electron chi connectivity index (χ0n) is 10.1. The van der Waals surface area contributed by atoms with Gasteiger partial charge in [-0.2, -0.15) is 0 Å². The third-order valence-corrected chi connectivity index (χ3v) is 2.46. The molecule has 1 aromatic heterocycles. The number of oxazole rings is 1. The van der Waals surface area contributed by atoms with Crippen LogP contribution in [0, 0.1) is 6.92 Å². The molecule has 0 aliphatic heterocycles. The van der Waals surface area contributed by atoms with E-state index in [-0.39, 0.29) is 12.1 Å². The number of aliphatic hydroxyl groups is 1. The van der Waals surface area contributed by atoms with Gasteiger partial charge in [-0.3, -0.25) is 0 Å². The number of aliphatic hydroxyl groups excluding tert-OH is 1. The first-order chi connectivity index (χ1) is 7.59. The van der Waals surface area contributed by atoms with Gasteiger partial charge in [0.05, 0.1) is 19.3 Å². The summed E-state index contributed by atoms with van der Waals surface area (Å²) in [6.45, 7) is 5.06. The zero-order chi connectivity index (χ0) is 12.0. The van der Waals surface area contributed by atoms with Crippen LogP contribution in [0.25, 0.3) is 0 Å². The molecular weight excluding hydrogens is 208 g/mol. The summed E-state index contributed by atoms with van der Waals surface area (Å²) < 4.78 is 10.5. The number of aryl methyl sites for hydroxylation is 1. The lowest BCUT2D eigenvalue weighted by atomic mass is 9.99. The number of nitrogens with one attached hydrogen (secondary N) is 1. The number of hydrogen-bond acceptors (Lipinski definition) is 5. The maximum absolute atomic E-state index is 9.00. The molecule has 2 N–H and O–H groups in total. The summed E-state index contributed by atoms with van der Waals surface area (Å²) in [5.74, 6) is 1.45. The third-order valence-electron chi connectivity index (χ3n) is 2.46. The van der Waals surface area contributed by atoms with E-state index in [1.807, 2.05) is 13.8 Å². The molecule has 92 valence electrons. The molecule has 0 saturated heterocycles. The van der Waals surface area contributed by atoms with Crippen molar-refractivity contribution >= 4 is 0 Å². The van der Waals surface area contributed by atoms with E-state index in [9.17, 15) is 0 Å². The number of nitrogens with zero attached hydrogens (tertiary/aromatic N) is 1. The minimum Gasteiger partial charge on any atom is -0.445 e. The molecule has 1 aromatic rings. The monoisotopic (exact) mass is 228 g/mol. The van der Waals surface area contributed by atoms with Gasteiger partial charge in [0.1, 0.15) is 5.76 Å². The summed E-state index contributed by atoms with van der Waals surface area (Å²) >= 11 is 0. The van der Waals surface area contributed by atoms with Crippen molar-refractivity contribution in [1.29, 1.82) is 0 Å². The van der Waals surface area contributed by atoms with Crippen molar-refractivity contribution < 1.29 is 14.3 Å². The highest BCUT2D eigenvalue weighted by molar-refractivity contribution is 4.92. The van der Waals surface area contributed by atoms with Crippen LogP contribution in [0.1, 0.15) is 25.0 Å². The second-order valence-electron chi connectivity index (χ2n) is 4.19. The van der Waals surface area contributed by atoms with E-state index >= 15 is 0 Å². The van der Waals surface area contributed by atoms with E-state index in [1.54, 1.807) is 13.3 Å². The first-order valence-corrected chi connectivity index (χ1v) is 5.36. The number of ether oxygens (including phenoxy) is 1. The Hall–Kier alpha value is -0.910. The molecule has 0 bridgehead atoms. The molecular formula is C11H20N2O3. The summed E-state index contributed by atoms with van der Waals surface area (Å²) in [4.78, 5) is 4.11. The summed E-state index contributed by atoms with van der Waals surface area (Å²) in [7, 11) is 1.65. The number of rotatable bonds is 7. The summed E-state index contributed by atoms with van der Waals surface area (Å²) in [6, 6.07) is 0. The van der Waals surface area contributed by atoms with Crippen LogP contribution in [-0.4, -0.2) is 36.0 Å². The fourth-order valence-corrected chi connectivity index (χ4v) is 1.55. The Bertz CT molecular complexity index is 306. The highest BCUT2D eigenvalue weighted by atomic mass is 16.5. The van der Waals surface area contributed by atoms with E-state index in [4.69, 9.17) is 14.3 Å². The standard InChI is InChI=1S/C11H20N2O3/c1-9-6-12-10(16-9)7-13-11(2,4-5-14)8-15-3/h6,13-14H,4-5,7-8H2,1-3H3. The van der Waals surface area contributed by atoms with Crippen molar-refractivity contribution in [2.24, 2.45) is 0 Å². The second kappa shape index (κ2) is 5.98. The average Bonchev–Trinajstić information content (AvgIpc) is 2.62. The Morgan fingerprint density at radius 3 is 2.88 bits per heavy atom. The number of hydrogen-bond donors (Lipinski definition) is 2. The second-order valence-corrected chi connectivity index (χ2v) is 4.19. The smallest absolute Gasteiger partial charge is 0.208 e. The Morgan fingerprint density at radius 1 is 1.62 bits per heavy atom. The maximum Gasteiger partial charge on any atom is 0.208 e. The van der Waals surface area contributed by atoms with Crippen LogP contribution >= 0.6 is 0 Å². The van der Waals surface area contributed by atoms with Crippen molar-refractivity contribution in [3.8, 4) is 0 Å². The van der Waals surface area contributed by atoms with Gasteiger partial charge in [0, 0.05) is 19.3 Å². The van der Waals surface area contributed by atoms with Crippen LogP contribution < -0.4 is 5.32 Å². The third kappa shape index (κ3) is 3.92. The normalized spacial score (nSPS) is 15.0. The summed E-state index contributed by atoms with van der Waals surface area (Å²) in [5, 5.41) is 12.3. The van der Waals surface area contributed by atoms with Gasteiger partial charge in [0.2, 0.25) is 5.89 Å². The van der Waals surface area contributed by atoms with Gasteiger partial charge in [-0.25, -0.2) is 4.98 Å². The highest BCUT2D eigenvalue weighted by Gasteiger charge is 2.23. The molecule has 1 atom stereocenters. The molecule has 0 fully saturated rings. The van der Waals surface area contributed by atoms with Gasteiger partial charge in [-0.05, 0) is 20.3 Å². The number of methoxy groups -OCH3 is 1. The molecule has 0 radical (unpaired) electrons. The van der Waals surface area contributed by atoms with Crippen molar-refractivity contribution in [2.75, 3.05) is 20.3 Å². The van der Waals surface area contributed by atoms with E-state index in [1.165, 1.54) is 0 Å². The number of aromatic nitrogens is 1. The van der Waals surface area contributed by atoms with E-state index in [0.29, 0.717) is 25.5 Å². The van der Waals surface area contributed by atoms with Gasteiger partial charge < -0.3 is 19.6 Å². The van der Waals surface area contributed by atoms with Crippen LogP contribution in [0.15, 0.2) is 10.6 Å². The Morgan fingerprint density at radius 2 is 2.38 bits per heavy atom. The molecule has 0 aromatic carbocycles. The largest absolute Gasteiger partial charge is 0.445 e. The lowest BCUT2D eigenvalue weighted by Crippen LogP contribution is -2.46. The van der Waals surface area contributed by atoms with Crippen molar-refractivity contribution in [3.05, 3.63) is 17.8 Å². The van der Waals surface area contributed by atoms with Crippen molar-refractivity contribution in [3.63, 3.8) is 0 Å². The Labute approximate surface area is 95.8 Å². The lowest BCUT2D eigenvalue weighted by molar-refractivity contribution is 0.0952. The topological polar surface area (TPSA) is 67.5 Å². The SMILES string of the molecule is COCC(C)(CCO)NCc1ncc(C)o1. The first-order valence-electron chi connectivity index (χ1n) is 5.36. The van der Waals surface area contributed by atoms with Crippen LogP contribution in [-0.2, 0) is 11.3 Å². The Kier molecular flexibility index (Phi) is 4.92. The Balaban J connectivity index is 2.49. The molecule has 1 heterocycles. The lowest BCUT2D eigenvalue weighted by Gasteiger charge is -2.29. The van der Waals surface area contributed by atoms with Gasteiger partial charge in [-0.15, -0.1) is 0 Å². The predicted octanol–water partition coefficient (Wildman–Crippen LogP) is 0.860. The van der Waals surface area contributed by atoms with Gasteiger partial charge in [-0.1, -0.05) is 0 Å². The van der Waals surface area contributed by atoms with Gasteiger partial charge in [0.25, 0.3) is 0 Å². The fourth-order valence-electron chi connectivity index (χ4n) is 1.55. The van der Waals surface area contributed by atoms with Gasteiger partial charge >= 0.3 is 0 Å². The quantitative estimate of drug-likeness (QED) is 0.724. The highest BCUT2D eigenvalue weighted by Crippen LogP contribution is 2.11. The summed E-state index contributed by atoms with van der Waals surface area (Å²) in [6.07, 6.45) is 2.32. The maximum atomic E-state index is 9.00. The zero-order valence-corrected chi connectivity index (χ0v) is 10.1.